The third-order valence-corrected chi connectivity index (χ3v) is 2.63. The van der Waals surface area contributed by atoms with Crippen LogP contribution in [0.4, 0.5) is 4.79 Å². The lowest BCUT2D eigenvalue weighted by Gasteiger charge is -2.19. The van der Waals surface area contributed by atoms with Crippen LogP contribution in [-0.4, -0.2) is 29.3 Å². The molecule has 0 aromatic heterocycles. The number of nitrogens with one attached hydrogen (secondary N) is 1. The van der Waals surface area contributed by atoms with Crippen LogP contribution in [0.2, 0.25) is 0 Å². The summed E-state index contributed by atoms with van der Waals surface area (Å²) in [7, 11) is 0. The highest BCUT2D eigenvalue weighted by molar-refractivity contribution is 5.69. The molecule has 0 aliphatic heterocycles. The molecule has 5 nitrogen and oxygen atoms in total. The lowest BCUT2D eigenvalue weighted by Crippen LogP contribution is -2.33. The lowest BCUT2D eigenvalue weighted by molar-refractivity contribution is -0.142. The fourth-order valence-electron chi connectivity index (χ4n) is 1.76. The maximum atomic E-state index is 11.3. The number of carboxylic acid groups (broad SMARTS) is 1. The molecule has 0 aromatic rings. The Balaban J connectivity index is 3.69. The van der Waals surface area contributed by atoms with Gasteiger partial charge < -0.3 is 15.2 Å². The van der Waals surface area contributed by atoms with E-state index < -0.39 is 17.7 Å². The third-order valence-electron chi connectivity index (χ3n) is 2.63. The van der Waals surface area contributed by atoms with Gasteiger partial charge in [-0.3, -0.25) is 4.79 Å². The number of hydrogen-bond acceptors (Lipinski definition) is 3. The van der Waals surface area contributed by atoms with Crippen molar-refractivity contribution in [2.45, 2.75) is 65.4 Å². The van der Waals surface area contributed by atoms with Gasteiger partial charge in [0.05, 0.1) is 5.92 Å². The molecule has 0 saturated carbocycles. The molecule has 5 heteroatoms. The van der Waals surface area contributed by atoms with E-state index in [0.29, 0.717) is 13.0 Å². The van der Waals surface area contributed by atoms with Crippen LogP contribution in [0, 0.1) is 5.92 Å². The van der Waals surface area contributed by atoms with Gasteiger partial charge in [0.1, 0.15) is 5.60 Å². The zero-order valence-electron chi connectivity index (χ0n) is 12.5. The monoisotopic (exact) mass is 273 g/mol. The second-order valence-electron chi connectivity index (χ2n) is 5.75. The predicted molar refractivity (Wildman–Crippen MR) is 74.1 cm³/mol. The minimum absolute atomic E-state index is 0.258. The van der Waals surface area contributed by atoms with Gasteiger partial charge in [-0.25, -0.2) is 4.79 Å². The Kier molecular flexibility index (Phi) is 8.19. The Morgan fingerprint density at radius 3 is 2.32 bits per heavy atom. The first-order valence-corrected chi connectivity index (χ1v) is 6.96. The molecule has 0 unspecified atom stereocenters. The van der Waals surface area contributed by atoms with Crippen LogP contribution in [0.3, 0.4) is 0 Å². The Bertz CT molecular complexity index is 284. The van der Waals surface area contributed by atoms with E-state index >= 15 is 0 Å². The number of aliphatic carboxylic acids is 1. The molecule has 0 aliphatic rings. The van der Waals surface area contributed by atoms with Gasteiger partial charge in [0, 0.05) is 6.54 Å². The van der Waals surface area contributed by atoms with Gasteiger partial charge >= 0.3 is 12.1 Å². The minimum atomic E-state index is -0.720. The second kappa shape index (κ2) is 8.77. The molecule has 19 heavy (non-hydrogen) atoms. The van der Waals surface area contributed by atoms with E-state index in [1.165, 1.54) is 0 Å². The summed E-state index contributed by atoms with van der Waals surface area (Å²) in [5.74, 6) is -0.978. The van der Waals surface area contributed by atoms with E-state index in [9.17, 15) is 9.59 Å². The van der Waals surface area contributed by atoms with E-state index in [-0.39, 0.29) is 5.92 Å². The van der Waals surface area contributed by atoms with Crippen LogP contribution in [-0.2, 0) is 9.53 Å². The molecule has 1 atom stereocenters. The van der Waals surface area contributed by atoms with Crippen molar-refractivity contribution in [3.8, 4) is 0 Å². The van der Waals surface area contributed by atoms with Gasteiger partial charge in [0.15, 0.2) is 0 Å². The maximum absolute atomic E-state index is 11.3. The SMILES string of the molecule is CCC[C@@H](CCCCNC(=O)OC(C)(C)C)C(=O)O. The maximum Gasteiger partial charge on any atom is 0.407 e. The average molecular weight is 273 g/mol. The van der Waals surface area contributed by atoms with Gasteiger partial charge in [0.25, 0.3) is 0 Å². The Hall–Kier alpha value is -1.26. The zero-order chi connectivity index (χ0) is 14.9. The smallest absolute Gasteiger partial charge is 0.407 e. The van der Waals surface area contributed by atoms with Crippen molar-refractivity contribution in [2.24, 2.45) is 5.92 Å². The Morgan fingerprint density at radius 2 is 1.84 bits per heavy atom. The number of amides is 1. The minimum Gasteiger partial charge on any atom is -0.481 e. The highest BCUT2D eigenvalue weighted by Crippen LogP contribution is 2.14. The number of hydrogen-bond donors (Lipinski definition) is 2. The Morgan fingerprint density at radius 1 is 1.21 bits per heavy atom. The summed E-state index contributed by atoms with van der Waals surface area (Å²) in [6.07, 6.45) is 3.41. The molecule has 2 N–H and O–H groups in total. The highest BCUT2D eigenvalue weighted by atomic mass is 16.6. The summed E-state index contributed by atoms with van der Waals surface area (Å²) in [5, 5.41) is 11.7. The van der Waals surface area contributed by atoms with Gasteiger partial charge in [-0.15, -0.1) is 0 Å². The number of carboxylic acids is 1. The first kappa shape index (κ1) is 17.7. The van der Waals surface area contributed by atoms with Crippen LogP contribution in [0.25, 0.3) is 0 Å². The van der Waals surface area contributed by atoms with E-state index in [1.54, 1.807) is 0 Å². The Labute approximate surface area is 115 Å². The predicted octanol–water partition coefficient (Wildman–Crippen LogP) is 3.18. The van der Waals surface area contributed by atoms with Crippen LogP contribution >= 0.6 is 0 Å². The molecule has 0 fully saturated rings. The van der Waals surface area contributed by atoms with Crippen molar-refractivity contribution in [3.05, 3.63) is 0 Å². The average Bonchev–Trinajstić information content (AvgIpc) is 2.24. The van der Waals surface area contributed by atoms with Crippen LogP contribution in [0.5, 0.6) is 0 Å². The molecule has 0 aromatic carbocycles. The van der Waals surface area contributed by atoms with E-state index in [1.807, 2.05) is 27.7 Å². The van der Waals surface area contributed by atoms with Crippen molar-refractivity contribution in [1.29, 1.82) is 0 Å². The van der Waals surface area contributed by atoms with Gasteiger partial charge in [-0.05, 0) is 40.0 Å². The molecular formula is C14H27NO4. The van der Waals surface area contributed by atoms with Gasteiger partial charge in [-0.2, -0.15) is 0 Å². The second-order valence-corrected chi connectivity index (χ2v) is 5.75. The number of carbonyl (C=O) groups is 2. The van der Waals surface area contributed by atoms with E-state index in [4.69, 9.17) is 9.84 Å². The fraction of sp³-hybridized carbons (Fsp3) is 0.857. The lowest BCUT2D eigenvalue weighted by atomic mass is 9.97. The summed E-state index contributed by atoms with van der Waals surface area (Å²) in [5.41, 5.74) is -0.486. The summed E-state index contributed by atoms with van der Waals surface area (Å²) < 4.78 is 5.10. The zero-order valence-corrected chi connectivity index (χ0v) is 12.5. The molecule has 0 spiro atoms. The van der Waals surface area contributed by atoms with Crippen molar-refractivity contribution in [3.63, 3.8) is 0 Å². The van der Waals surface area contributed by atoms with Crippen LogP contribution < -0.4 is 5.32 Å². The largest absolute Gasteiger partial charge is 0.481 e. The number of ether oxygens (including phenoxy) is 1. The fourth-order valence-corrected chi connectivity index (χ4v) is 1.76. The first-order valence-electron chi connectivity index (χ1n) is 6.96. The molecule has 0 heterocycles. The van der Waals surface area contributed by atoms with Crippen molar-refractivity contribution >= 4 is 12.1 Å². The van der Waals surface area contributed by atoms with Gasteiger partial charge in [0.2, 0.25) is 0 Å². The number of rotatable bonds is 8. The summed E-state index contributed by atoms with van der Waals surface area (Å²) in [6.45, 7) is 7.95. The third kappa shape index (κ3) is 10.4. The van der Waals surface area contributed by atoms with Crippen molar-refractivity contribution < 1.29 is 19.4 Å². The van der Waals surface area contributed by atoms with Gasteiger partial charge in [-0.1, -0.05) is 19.8 Å². The van der Waals surface area contributed by atoms with Crippen LogP contribution in [0.1, 0.15) is 59.8 Å². The van der Waals surface area contributed by atoms with Crippen molar-refractivity contribution in [2.75, 3.05) is 6.54 Å². The van der Waals surface area contributed by atoms with Crippen LogP contribution in [0.15, 0.2) is 0 Å². The molecule has 112 valence electrons. The molecular weight excluding hydrogens is 246 g/mol. The quantitative estimate of drug-likeness (QED) is 0.666. The van der Waals surface area contributed by atoms with Crippen molar-refractivity contribution in [1.82, 2.24) is 5.32 Å². The normalized spacial score (nSPS) is 12.8. The topological polar surface area (TPSA) is 75.6 Å². The number of unbranched alkanes of at least 4 members (excludes halogenated alkanes) is 1. The standard InChI is InChI=1S/C14H27NO4/c1-5-8-11(12(16)17)9-6-7-10-15-13(18)19-14(2,3)4/h11H,5-10H2,1-4H3,(H,15,18)(H,16,17)/t11-/m0/s1. The highest BCUT2D eigenvalue weighted by Gasteiger charge is 2.17. The molecule has 0 radical (unpaired) electrons. The molecule has 0 rings (SSSR count). The summed E-state index contributed by atoms with van der Waals surface area (Å²) in [4.78, 5) is 22.3. The molecule has 1 amide bonds. The number of alkyl carbamates (subject to hydrolysis) is 1. The van der Waals surface area contributed by atoms with E-state index in [0.717, 1.165) is 25.7 Å². The molecule has 0 saturated heterocycles. The van der Waals surface area contributed by atoms with E-state index in [2.05, 4.69) is 5.32 Å². The summed E-state index contributed by atoms with van der Waals surface area (Å²) in [6, 6.07) is 0. The number of carbonyl (C=O) groups excluding carboxylic acids is 1. The molecule has 0 aliphatic carbocycles. The summed E-state index contributed by atoms with van der Waals surface area (Å²) >= 11 is 0. The molecule has 0 bridgehead atoms. The first-order chi connectivity index (χ1) is 8.76.